The topological polar surface area (TPSA) is 60.3 Å². The molecule has 0 saturated heterocycles. The van der Waals surface area contributed by atoms with Crippen LogP contribution < -0.4 is 20.1 Å². The van der Waals surface area contributed by atoms with E-state index in [2.05, 4.69) is 27.9 Å². The fourth-order valence-corrected chi connectivity index (χ4v) is 3.16. The monoisotopic (exact) mass is 396 g/mol. The molecule has 1 aromatic heterocycles. The van der Waals surface area contributed by atoms with Crippen LogP contribution >= 0.6 is 12.2 Å². The highest BCUT2D eigenvalue weighted by atomic mass is 32.1. The minimum atomic E-state index is 0.473. The Labute approximate surface area is 170 Å². The Morgan fingerprint density at radius 3 is 2.25 bits per heavy atom. The molecule has 0 radical (unpaired) electrons. The molecule has 0 spiro atoms. The molecular formula is C21H24N4O2S. The molecule has 2 N–H and O–H groups in total. The molecular weight excluding hydrogens is 372 g/mol. The van der Waals surface area contributed by atoms with Crippen molar-refractivity contribution in [2.75, 3.05) is 24.9 Å². The molecule has 0 aliphatic heterocycles. The van der Waals surface area contributed by atoms with Crippen LogP contribution in [0.15, 0.2) is 48.5 Å². The zero-order valence-electron chi connectivity index (χ0n) is 16.4. The number of thiocarbonyl (C=S) groups is 1. The van der Waals surface area contributed by atoms with Crippen molar-refractivity contribution in [2.24, 2.45) is 0 Å². The molecule has 0 aliphatic rings. The van der Waals surface area contributed by atoms with Gasteiger partial charge in [0.1, 0.15) is 11.5 Å². The molecule has 1 heterocycles. The smallest absolute Gasteiger partial charge is 0.175 e. The number of hydrogen-bond donors (Lipinski definition) is 2. The van der Waals surface area contributed by atoms with Gasteiger partial charge in [0.15, 0.2) is 5.11 Å². The number of benzene rings is 2. The number of aromatic nitrogens is 2. The average molecular weight is 397 g/mol. The third-order valence-corrected chi connectivity index (χ3v) is 4.61. The molecule has 2 aromatic carbocycles. The Morgan fingerprint density at radius 1 is 1.00 bits per heavy atom. The van der Waals surface area contributed by atoms with E-state index in [1.54, 1.807) is 14.2 Å². The van der Waals surface area contributed by atoms with Gasteiger partial charge >= 0.3 is 0 Å². The highest BCUT2D eigenvalue weighted by Crippen LogP contribution is 2.26. The predicted octanol–water partition coefficient (Wildman–Crippen LogP) is 4.37. The van der Waals surface area contributed by atoms with E-state index < -0.39 is 0 Å². The second-order valence-electron chi connectivity index (χ2n) is 6.37. The van der Waals surface area contributed by atoms with Crippen molar-refractivity contribution < 1.29 is 9.47 Å². The van der Waals surface area contributed by atoms with Gasteiger partial charge in [0.2, 0.25) is 0 Å². The minimum Gasteiger partial charge on any atom is -0.497 e. The van der Waals surface area contributed by atoms with E-state index in [-0.39, 0.29) is 0 Å². The Kier molecular flexibility index (Phi) is 6.16. The standard InChI is InChI=1S/C21H24N4O2S/c1-14-20(15(2)25(24-14)13-16-8-6-5-7-9-16)23-21(28)22-17-10-18(26-3)12-19(11-17)27-4/h5-12H,13H2,1-4H3,(H2,22,23,28). The maximum absolute atomic E-state index is 5.49. The van der Waals surface area contributed by atoms with E-state index in [1.807, 2.05) is 54.9 Å². The van der Waals surface area contributed by atoms with E-state index in [0.29, 0.717) is 23.2 Å². The fraction of sp³-hybridized carbons (Fsp3) is 0.238. The third kappa shape index (κ3) is 4.61. The summed E-state index contributed by atoms with van der Waals surface area (Å²) in [6.45, 7) is 4.71. The van der Waals surface area contributed by atoms with Gasteiger partial charge in [-0.1, -0.05) is 30.3 Å². The fourth-order valence-electron chi connectivity index (χ4n) is 2.94. The molecule has 6 nitrogen and oxygen atoms in total. The summed E-state index contributed by atoms with van der Waals surface area (Å²) in [5.41, 5.74) is 4.79. The van der Waals surface area contributed by atoms with Crippen molar-refractivity contribution in [1.29, 1.82) is 0 Å². The molecule has 3 aromatic rings. The third-order valence-electron chi connectivity index (χ3n) is 4.40. The molecule has 0 saturated carbocycles. The Hall–Kier alpha value is -3.06. The van der Waals surface area contributed by atoms with Gasteiger partial charge in [-0.05, 0) is 31.6 Å². The number of hydrogen-bond acceptors (Lipinski definition) is 4. The first kappa shape index (κ1) is 19.7. The summed E-state index contributed by atoms with van der Waals surface area (Å²) in [6.07, 6.45) is 0. The maximum atomic E-state index is 5.49. The molecule has 28 heavy (non-hydrogen) atoms. The van der Waals surface area contributed by atoms with Gasteiger partial charge in [0.05, 0.1) is 37.8 Å². The van der Waals surface area contributed by atoms with Crippen LogP contribution in [0.2, 0.25) is 0 Å². The predicted molar refractivity (Wildman–Crippen MR) is 117 cm³/mol. The first-order chi connectivity index (χ1) is 13.5. The lowest BCUT2D eigenvalue weighted by atomic mass is 10.2. The summed E-state index contributed by atoms with van der Waals surface area (Å²) >= 11 is 5.49. The van der Waals surface area contributed by atoms with Crippen LogP contribution in [0.4, 0.5) is 11.4 Å². The first-order valence-corrected chi connectivity index (χ1v) is 9.30. The number of ether oxygens (including phenoxy) is 2. The number of nitrogens with one attached hydrogen (secondary N) is 2. The summed E-state index contributed by atoms with van der Waals surface area (Å²) in [7, 11) is 3.23. The van der Waals surface area contributed by atoms with Crippen LogP contribution in [0.25, 0.3) is 0 Å². The lowest BCUT2D eigenvalue weighted by Crippen LogP contribution is -2.20. The van der Waals surface area contributed by atoms with E-state index in [0.717, 1.165) is 22.8 Å². The zero-order valence-corrected chi connectivity index (χ0v) is 17.3. The number of aryl methyl sites for hydroxylation is 1. The van der Waals surface area contributed by atoms with Gasteiger partial charge in [-0.2, -0.15) is 5.10 Å². The molecule has 0 aliphatic carbocycles. The number of methoxy groups -OCH3 is 2. The normalized spacial score (nSPS) is 10.4. The Balaban J connectivity index is 1.74. The molecule has 0 fully saturated rings. The van der Waals surface area contributed by atoms with Crippen LogP contribution in [0.5, 0.6) is 11.5 Å². The summed E-state index contributed by atoms with van der Waals surface area (Å²) in [6, 6.07) is 15.8. The molecule has 7 heteroatoms. The van der Waals surface area contributed by atoms with Gasteiger partial charge in [0, 0.05) is 23.9 Å². The van der Waals surface area contributed by atoms with E-state index >= 15 is 0 Å². The number of nitrogens with zero attached hydrogens (tertiary/aromatic N) is 2. The van der Waals surface area contributed by atoms with Crippen molar-refractivity contribution in [3.8, 4) is 11.5 Å². The van der Waals surface area contributed by atoms with E-state index in [9.17, 15) is 0 Å². The SMILES string of the molecule is COc1cc(NC(=S)Nc2c(C)nn(Cc3ccccc3)c2C)cc(OC)c1. The highest BCUT2D eigenvalue weighted by molar-refractivity contribution is 7.80. The minimum absolute atomic E-state index is 0.473. The lowest BCUT2D eigenvalue weighted by Gasteiger charge is -2.13. The van der Waals surface area contributed by atoms with Crippen LogP contribution in [0, 0.1) is 13.8 Å². The average Bonchev–Trinajstić information content (AvgIpc) is 2.95. The van der Waals surface area contributed by atoms with Crippen LogP contribution in [-0.4, -0.2) is 29.1 Å². The van der Waals surface area contributed by atoms with Crippen LogP contribution in [0.3, 0.4) is 0 Å². The maximum Gasteiger partial charge on any atom is 0.175 e. The molecule has 0 atom stereocenters. The molecule has 0 bridgehead atoms. The Bertz CT molecular complexity index is 948. The molecule has 146 valence electrons. The second-order valence-corrected chi connectivity index (χ2v) is 6.78. The quantitative estimate of drug-likeness (QED) is 0.603. The van der Waals surface area contributed by atoms with Gasteiger partial charge in [-0.3, -0.25) is 4.68 Å². The molecule has 3 rings (SSSR count). The number of anilines is 2. The van der Waals surface area contributed by atoms with Crippen molar-refractivity contribution >= 4 is 28.7 Å². The largest absolute Gasteiger partial charge is 0.497 e. The van der Waals surface area contributed by atoms with Crippen LogP contribution in [0.1, 0.15) is 17.0 Å². The molecule has 0 amide bonds. The van der Waals surface area contributed by atoms with Gasteiger partial charge < -0.3 is 20.1 Å². The van der Waals surface area contributed by atoms with E-state index in [1.165, 1.54) is 5.56 Å². The van der Waals surface area contributed by atoms with Crippen molar-refractivity contribution in [3.05, 3.63) is 65.5 Å². The second kappa shape index (κ2) is 8.75. The summed E-state index contributed by atoms with van der Waals surface area (Å²) in [5.74, 6) is 1.38. The van der Waals surface area contributed by atoms with Gasteiger partial charge in [0.25, 0.3) is 0 Å². The summed E-state index contributed by atoms with van der Waals surface area (Å²) in [5, 5.41) is 11.6. The van der Waals surface area contributed by atoms with Crippen molar-refractivity contribution in [2.45, 2.75) is 20.4 Å². The highest BCUT2D eigenvalue weighted by Gasteiger charge is 2.13. The summed E-state index contributed by atoms with van der Waals surface area (Å²) in [4.78, 5) is 0. The van der Waals surface area contributed by atoms with Crippen molar-refractivity contribution in [3.63, 3.8) is 0 Å². The summed E-state index contributed by atoms with van der Waals surface area (Å²) < 4.78 is 12.6. The van der Waals surface area contributed by atoms with Gasteiger partial charge in [-0.25, -0.2) is 0 Å². The number of rotatable bonds is 6. The molecule has 0 unspecified atom stereocenters. The zero-order chi connectivity index (χ0) is 20.1. The van der Waals surface area contributed by atoms with Gasteiger partial charge in [-0.15, -0.1) is 0 Å². The first-order valence-electron chi connectivity index (χ1n) is 8.89. The Morgan fingerprint density at radius 2 is 1.64 bits per heavy atom. The van der Waals surface area contributed by atoms with Crippen molar-refractivity contribution in [1.82, 2.24) is 9.78 Å². The van der Waals surface area contributed by atoms with Crippen LogP contribution in [-0.2, 0) is 6.54 Å². The van der Waals surface area contributed by atoms with E-state index in [4.69, 9.17) is 21.7 Å². The lowest BCUT2D eigenvalue weighted by molar-refractivity contribution is 0.395.